The minimum absolute atomic E-state index is 0.0159. The lowest BCUT2D eigenvalue weighted by molar-refractivity contribution is -0.147. The quantitative estimate of drug-likeness (QED) is 0.839. The number of piperidine rings is 1. The van der Waals surface area contributed by atoms with E-state index in [9.17, 15) is 9.59 Å². The third-order valence-electron chi connectivity index (χ3n) is 5.14. The van der Waals surface area contributed by atoms with Gasteiger partial charge in [0.05, 0.1) is 25.6 Å². The van der Waals surface area contributed by atoms with Crippen LogP contribution in [0, 0.1) is 5.92 Å². The summed E-state index contributed by atoms with van der Waals surface area (Å²) in [6.45, 7) is 3.87. The molecule has 2 aromatic rings. The fourth-order valence-corrected chi connectivity index (χ4v) is 3.54. The smallest absolute Gasteiger partial charge is 0.308 e. The number of likely N-dealkylation sites (tertiary alicyclic amines) is 1. The van der Waals surface area contributed by atoms with Gasteiger partial charge in [0.2, 0.25) is 5.91 Å². The van der Waals surface area contributed by atoms with Crippen molar-refractivity contribution in [3.8, 4) is 0 Å². The summed E-state index contributed by atoms with van der Waals surface area (Å²) in [6.07, 6.45) is 1.50. The predicted octanol–water partition coefficient (Wildman–Crippen LogP) is 2.90. The first-order chi connectivity index (χ1) is 12.6. The van der Waals surface area contributed by atoms with Gasteiger partial charge in [-0.15, -0.1) is 0 Å². The zero-order valence-electron chi connectivity index (χ0n) is 15.4. The van der Waals surface area contributed by atoms with Crippen LogP contribution in [-0.2, 0) is 14.3 Å². The summed E-state index contributed by atoms with van der Waals surface area (Å²) in [7, 11) is 1.43. The van der Waals surface area contributed by atoms with Crippen LogP contribution >= 0.6 is 0 Å². The van der Waals surface area contributed by atoms with E-state index in [0.717, 1.165) is 31.5 Å². The molecule has 5 nitrogen and oxygen atoms in total. The summed E-state index contributed by atoms with van der Waals surface area (Å²) in [4.78, 5) is 26.1. The highest BCUT2D eigenvalue weighted by molar-refractivity contribution is 5.83. The molecule has 1 heterocycles. The van der Waals surface area contributed by atoms with Crippen LogP contribution in [0.3, 0.4) is 0 Å². The number of methoxy groups -OCH3 is 1. The van der Waals surface area contributed by atoms with Crippen molar-refractivity contribution < 1.29 is 14.3 Å². The lowest BCUT2D eigenvalue weighted by atomic mass is 9.97. The molecule has 0 aromatic heterocycles. The highest BCUT2D eigenvalue weighted by atomic mass is 16.5. The second kappa shape index (κ2) is 8.32. The SMILES string of the molecule is COC(=O)C1CCN(CC(=O)N[C@@H](C)c2ccc3ccccc3c2)CC1. The Hall–Kier alpha value is -2.40. The van der Waals surface area contributed by atoms with E-state index in [1.807, 2.05) is 19.1 Å². The number of nitrogens with one attached hydrogen (secondary N) is 1. The van der Waals surface area contributed by atoms with Crippen LogP contribution in [0.2, 0.25) is 0 Å². The number of carbonyl (C=O) groups is 2. The molecule has 0 bridgehead atoms. The van der Waals surface area contributed by atoms with E-state index in [1.165, 1.54) is 17.9 Å². The number of hydrogen-bond donors (Lipinski definition) is 1. The molecule has 0 spiro atoms. The Morgan fingerprint density at radius 1 is 1.15 bits per heavy atom. The predicted molar refractivity (Wildman–Crippen MR) is 102 cm³/mol. The molecule has 2 aromatic carbocycles. The van der Waals surface area contributed by atoms with E-state index >= 15 is 0 Å². The van der Waals surface area contributed by atoms with Crippen molar-refractivity contribution in [2.45, 2.75) is 25.8 Å². The molecular weight excluding hydrogens is 328 g/mol. The molecule has 1 saturated heterocycles. The lowest BCUT2D eigenvalue weighted by Gasteiger charge is -2.30. The number of rotatable bonds is 5. The number of esters is 1. The van der Waals surface area contributed by atoms with Crippen molar-refractivity contribution in [2.75, 3.05) is 26.7 Å². The molecule has 1 aliphatic rings. The molecule has 26 heavy (non-hydrogen) atoms. The molecule has 3 rings (SSSR count). The topological polar surface area (TPSA) is 58.6 Å². The molecule has 138 valence electrons. The fraction of sp³-hybridized carbons (Fsp3) is 0.429. The summed E-state index contributed by atoms with van der Waals surface area (Å²) in [5.74, 6) is -0.156. The average Bonchev–Trinajstić information content (AvgIpc) is 2.67. The van der Waals surface area contributed by atoms with Crippen LogP contribution in [0.5, 0.6) is 0 Å². The van der Waals surface area contributed by atoms with Gasteiger partial charge in [0.15, 0.2) is 0 Å². The van der Waals surface area contributed by atoms with E-state index in [1.54, 1.807) is 0 Å². The second-order valence-corrected chi connectivity index (χ2v) is 6.97. The molecule has 5 heteroatoms. The fourth-order valence-electron chi connectivity index (χ4n) is 3.54. The van der Waals surface area contributed by atoms with Crippen LogP contribution in [0.25, 0.3) is 10.8 Å². The highest BCUT2D eigenvalue weighted by Crippen LogP contribution is 2.21. The maximum Gasteiger partial charge on any atom is 0.308 e. The van der Waals surface area contributed by atoms with Crippen LogP contribution in [0.1, 0.15) is 31.4 Å². The molecule has 1 amide bonds. The molecule has 1 N–H and O–H groups in total. The van der Waals surface area contributed by atoms with E-state index < -0.39 is 0 Å². The van der Waals surface area contributed by atoms with E-state index in [4.69, 9.17) is 4.74 Å². The maximum atomic E-state index is 12.4. The Kier molecular flexibility index (Phi) is 5.89. The standard InChI is InChI=1S/C21H26N2O3/c1-15(18-8-7-16-5-3-4-6-19(16)13-18)22-20(24)14-23-11-9-17(10-12-23)21(25)26-2/h3-8,13,15,17H,9-12,14H2,1-2H3,(H,22,24)/t15-/m0/s1. The van der Waals surface area contributed by atoms with E-state index in [0.29, 0.717) is 6.54 Å². The third kappa shape index (κ3) is 4.41. The molecule has 1 aliphatic heterocycles. The largest absolute Gasteiger partial charge is 0.469 e. The number of ether oxygens (including phenoxy) is 1. The van der Waals surface area contributed by atoms with E-state index in [2.05, 4.69) is 40.5 Å². The summed E-state index contributed by atoms with van der Waals surface area (Å²) in [6, 6.07) is 14.4. The van der Waals surface area contributed by atoms with Crippen LogP contribution in [0.15, 0.2) is 42.5 Å². The number of amides is 1. The lowest BCUT2D eigenvalue weighted by Crippen LogP contribution is -2.43. The molecule has 0 aliphatic carbocycles. The van der Waals surface area contributed by atoms with Crippen molar-refractivity contribution in [1.29, 1.82) is 0 Å². The number of fused-ring (bicyclic) bond motifs is 1. The number of benzene rings is 2. The maximum absolute atomic E-state index is 12.4. The molecular formula is C21H26N2O3. The number of carbonyl (C=O) groups excluding carboxylic acids is 2. The van der Waals surface area contributed by atoms with Gasteiger partial charge in [-0.3, -0.25) is 14.5 Å². The highest BCUT2D eigenvalue weighted by Gasteiger charge is 2.26. The minimum Gasteiger partial charge on any atom is -0.469 e. The van der Waals surface area contributed by atoms with Crippen molar-refractivity contribution in [1.82, 2.24) is 10.2 Å². The van der Waals surface area contributed by atoms with Gasteiger partial charge in [0, 0.05) is 0 Å². The first-order valence-electron chi connectivity index (χ1n) is 9.15. The van der Waals surface area contributed by atoms with Crippen LogP contribution < -0.4 is 5.32 Å². The first-order valence-corrected chi connectivity index (χ1v) is 9.15. The first kappa shape index (κ1) is 18.4. The summed E-state index contributed by atoms with van der Waals surface area (Å²) < 4.78 is 4.80. The Bertz CT molecular complexity index is 782. The van der Waals surface area contributed by atoms with Crippen molar-refractivity contribution in [3.63, 3.8) is 0 Å². The van der Waals surface area contributed by atoms with Gasteiger partial charge in [0.1, 0.15) is 0 Å². The van der Waals surface area contributed by atoms with Gasteiger partial charge >= 0.3 is 5.97 Å². The van der Waals surface area contributed by atoms with Crippen molar-refractivity contribution >= 4 is 22.6 Å². The summed E-state index contributed by atoms with van der Waals surface area (Å²) in [5, 5.41) is 5.46. The summed E-state index contributed by atoms with van der Waals surface area (Å²) >= 11 is 0. The van der Waals surface area contributed by atoms with E-state index in [-0.39, 0.29) is 23.8 Å². The third-order valence-corrected chi connectivity index (χ3v) is 5.14. The van der Waals surface area contributed by atoms with Crippen LogP contribution in [0.4, 0.5) is 0 Å². The zero-order chi connectivity index (χ0) is 18.5. The van der Waals surface area contributed by atoms with Gasteiger partial charge in [0.25, 0.3) is 0 Å². The normalized spacial score (nSPS) is 17.0. The van der Waals surface area contributed by atoms with Gasteiger partial charge in [-0.2, -0.15) is 0 Å². The van der Waals surface area contributed by atoms with Crippen molar-refractivity contribution in [2.24, 2.45) is 5.92 Å². The van der Waals surface area contributed by atoms with Gasteiger partial charge in [-0.1, -0.05) is 36.4 Å². The molecule has 0 saturated carbocycles. The van der Waals surface area contributed by atoms with Crippen LogP contribution in [-0.4, -0.2) is 43.5 Å². The zero-order valence-corrected chi connectivity index (χ0v) is 15.4. The van der Waals surface area contributed by atoms with Gasteiger partial charge < -0.3 is 10.1 Å². The monoisotopic (exact) mass is 354 g/mol. The summed E-state index contributed by atoms with van der Waals surface area (Å²) in [5.41, 5.74) is 1.10. The van der Waals surface area contributed by atoms with Gasteiger partial charge in [-0.25, -0.2) is 0 Å². The molecule has 1 atom stereocenters. The number of nitrogens with zero attached hydrogens (tertiary/aromatic N) is 1. The Morgan fingerprint density at radius 2 is 1.85 bits per heavy atom. The van der Waals surface area contributed by atoms with Gasteiger partial charge in [-0.05, 0) is 55.3 Å². The minimum atomic E-state index is -0.140. The Morgan fingerprint density at radius 3 is 2.54 bits per heavy atom. The number of hydrogen-bond acceptors (Lipinski definition) is 4. The average molecular weight is 354 g/mol. The van der Waals surface area contributed by atoms with Crippen molar-refractivity contribution in [3.05, 3.63) is 48.0 Å². The second-order valence-electron chi connectivity index (χ2n) is 6.97. The Balaban J connectivity index is 1.52. The molecule has 0 radical (unpaired) electrons. The molecule has 1 fully saturated rings. The Labute approximate surface area is 154 Å². The molecule has 0 unspecified atom stereocenters.